The molecule has 1 atom stereocenters. The molecule has 0 saturated carbocycles. The van der Waals surface area contributed by atoms with Gasteiger partial charge in [0.1, 0.15) is 5.58 Å². The lowest BCUT2D eigenvalue weighted by Crippen LogP contribution is -2.37. The van der Waals surface area contributed by atoms with Crippen LogP contribution in [-0.2, 0) is 4.76 Å². The Labute approximate surface area is 202 Å². The maximum Gasteiger partial charge on any atom is 0.583 e. The third kappa shape index (κ3) is 3.98. The highest BCUT2D eigenvalue weighted by molar-refractivity contribution is 6.62. The number of fused-ring (bicyclic) bond motifs is 2. The zero-order chi connectivity index (χ0) is 24.0. The first-order chi connectivity index (χ1) is 16.3. The van der Waals surface area contributed by atoms with E-state index in [1.54, 1.807) is 13.1 Å². The number of oxime groups is 1. The van der Waals surface area contributed by atoms with Crippen molar-refractivity contribution in [2.24, 2.45) is 5.16 Å². The van der Waals surface area contributed by atoms with Crippen LogP contribution < -0.4 is 16.2 Å². The van der Waals surface area contributed by atoms with Gasteiger partial charge >= 0.3 is 7.12 Å². The lowest BCUT2D eigenvalue weighted by atomic mass is 9.75. The normalized spacial score (nSPS) is 13.5. The maximum atomic E-state index is 12.7. The van der Waals surface area contributed by atoms with Crippen LogP contribution in [0.3, 0.4) is 0 Å². The molecule has 1 aromatic heterocycles. The summed E-state index contributed by atoms with van der Waals surface area (Å²) in [7, 11) is -1.08. The van der Waals surface area contributed by atoms with E-state index in [9.17, 15) is 9.82 Å². The second kappa shape index (κ2) is 8.67. The van der Waals surface area contributed by atoms with Gasteiger partial charge in [0.2, 0.25) is 0 Å². The lowest BCUT2D eigenvalue weighted by molar-refractivity contribution is 0.286. The van der Waals surface area contributed by atoms with Crippen LogP contribution in [0.1, 0.15) is 35.2 Å². The predicted molar refractivity (Wildman–Crippen MR) is 137 cm³/mol. The number of nitrogens with zero attached hydrogens (tertiary/aromatic N) is 1. The van der Waals surface area contributed by atoms with E-state index in [-0.39, 0.29) is 11.5 Å². The molecule has 6 nitrogen and oxygen atoms in total. The van der Waals surface area contributed by atoms with Gasteiger partial charge in [0, 0.05) is 32.9 Å². The van der Waals surface area contributed by atoms with Crippen LogP contribution >= 0.6 is 11.6 Å². The van der Waals surface area contributed by atoms with E-state index in [1.165, 1.54) is 6.26 Å². The van der Waals surface area contributed by atoms with E-state index in [2.05, 4.69) is 10.5 Å². The topological polar surface area (TPSA) is 84.1 Å². The number of hydrogen-bond acceptors (Lipinski definition) is 6. The summed E-state index contributed by atoms with van der Waals surface area (Å²) in [5, 5.41) is 18.5. The van der Waals surface area contributed by atoms with Gasteiger partial charge in [-0.15, -0.1) is 5.16 Å². The molecule has 0 saturated heterocycles. The minimum Gasteiger partial charge on any atom is -0.463 e. The lowest BCUT2D eigenvalue weighted by Gasteiger charge is -2.21. The monoisotopic (exact) mass is 472 g/mol. The molecule has 2 heterocycles. The summed E-state index contributed by atoms with van der Waals surface area (Å²) >= 11 is 6.35. The van der Waals surface area contributed by atoms with Crippen molar-refractivity contribution in [1.29, 1.82) is 0 Å². The van der Waals surface area contributed by atoms with Gasteiger partial charge in [-0.3, -0.25) is 4.79 Å². The summed E-state index contributed by atoms with van der Waals surface area (Å²) in [6.45, 7) is 5.75. The Bertz CT molecular complexity index is 1520. The summed E-state index contributed by atoms with van der Waals surface area (Å²) < 4.78 is 10.8. The largest absolute Gasteiger partial charge is 0.583 e. The minimum absolute atomic E-state index is 0.0209. The van der Waals surface area contributed by atoms with Crippen LogP contribution in [-0.4, -0.2) is 18.4 Å². The number of anilines is 1. The van der Waals surface area contributed by atoms with Crippen LogP contribution in [0.4, 0.5) is 5.69 Å². The van der Waals surface area contributed by atoms with E-state index < -0.39 is 7.12 Å². The first-order valence-corrected chi connectivity index (χ1v) is 11.3. The number of nitrogens with one attached hydrogen (secondary N) is 1. The van der Waals surface area contributed by atoms with Gasteiger partial charge in [0.15, 0.2) is 5.43 Å². The molecule has 0 bridgehead atoms. The van der Waals surface area contributed by atoms with Gasteiger partial charge in [-0.05, 0) is 67.8 Å². The fourth-order valence-electron chi connectivity index (χ4n) is 4.31. The molecular formula is C26H22BClN2O4. The van der Waals surface area contributed by atoms with Crippen LogP contribution in [0.5, 0.6) is 0 Å². The Hall–Kier alpha value is -3.55. The Morgan fingerprint density at radius 1 is 1.12 bits per heavy atom. The van der Waals surface area contributed by atoms with E-state index in [4.69, 9.17) is 20.8 Å². The first kappa shape index (κ1) is 22.3. The minimum atomic E-state index is -1.08. The molecule has 0 radical (unpaired) electrons. The molecule has 0 spiro atoms. The van der Waals surface area contributed by atoms with Crippen molar-refractivity contribution in [2.45, 2.75) is 26.8 Å². The van der Waals surface area contributed by atoms with Crippen molar-refractivity contribution < 1.29 is 14.2 Å². The molecule has 0 unspecified atom stereocenters. The summed E-state index contributed by atoms with van der Waals surface area (Å²) in [5.74, 6) is 0. The standard InChI is InChI=1S/C26H22BClN2O4/c1-14-8-20(26-22(9-14)25(31)15(2)13-33-26)16(3)30-24-7-5-19(28)11-21(24)17-4-6-23-18(10-17)12-29-34-27(23)32/h4-13,16,30,32H,1-3H3/t16-/m1/s1. The molecule has 34 heavy (non-hydrogen) atoms. The molecule has 3 aromatic carbocycles. The molecule has 8 heteroatoms. The van der Waals surface area contributed by atoms with E-state index in [0.29, 0.717) is 27.0 Å². The molecule has 5 rings (SSSR count). The zero-order valence-corrected chi connectivity index (χ0v) is 19.7. The van der Waals surface area contributed by atoms with Crippen molar-refractivity contribution in [1.82, 2.24) is 0 Å². The Balaban J connectivity index is 1.57. The quantitative estimate of drug-likeness (QED) is 0.410. The highest BCUT2D eigenvalue weighted by Gasteiger charge is 2.25. The average molecular weight is 473 g/mol. The van der Waals surface area contributed by atoms with Gasteiger partial charge < -0.3 is 19.5 Å². The number of benzene rings is 3. The molecule has 1 aliphatic heterocycles. The maximum absolute atomic E-state index is 12.7. The van der Waals surface area contributed by atoms with Gasteiger partial charge in [0.05, 0.1) is 23.9 Å². The van der Waals surface area contributed by atoms with Crippen LogP contribution in [0, 0.1) is 13.8 Å². The summed E-state index contributed by atoms with van der Waals surface area (Å²) in [6, 6.07) is 15.1. The number of halogens is 1. The van der Waals surface area contributed by atoms with Crippen molar-refractivity contribution in [3.05, 3.63) is 92.3 Å². The molecule has 0 fully saturated rings. The zero-order valence-electron chi connectivity index (χ0n) is 18.9. The predicted octanol–water partition coefficient (Wildman–Crippen LogP) is 4.95. The van der Waals surface area contributed by atoms with Gasteiger partial charge in [-0.2, -0.15) is 0 Å². The van der Waals surface area contributed by atoms with Gasteiger partial charge in [-0.25, -0.2) is 0 Å². The van der Waals surface area contributed by atoms with Crippen molar-refractivity contribution in [3.8, 4) is 11.1 Å². The molecule has 2 N–H and O–H groups in total. The smallest absolute Gasteiger partial charge is 0.463 e. The second-order valence-corrected chi connectivity index (χ2v) is 9.01. The van der Waals surface area contributed by atoms with Crippen LogP contribution in [0.25, 0.3) is 22.1 Å². The van der Waals surface area contributed by atoms with Crippen molar-refractivity contribution >= 4 is 47.1 Å². The summed E-state index contributed by atoms with van der Waals surface area (Å²) in [5.41, 5.74) is 7.12. The highest BCUT2D eigenvalue weighted by atomic mass is 35.5. The second-order valence-electron chi connectivity index (χ2n) is 8.57. The van der Waals surface area contributed by atoms with E-state index in [0.717, 1.165) is 33.5 Å². The molecule has 1 aliphatic rings. The third-order valence-electron chi connectivity index (χ3n) is 6.05. The highest BCUT2D eigenvalue weighted by Crippen LogP contribution is 2.35. The Morgan fingerprint density at radius 3 is 2.76 bits per heavy atom. The molecule has 0 amide bonds. The fourth-order valence-corrected chi connectivity index (χ4v) is 4.48. The molecular weight excluding hydrogens is 451 g/mol. The van der Waals surface area contributed by atoms with Crippen molar-refractivity contribution in [3.63, 3.8) is 0 Å². The van der Waals surface area contributed by atoms with Crippen LogP contribution in [0.2, 0.25) is 5.02 Å². The van der Waals surface area contributed by atoms with Gasteiger partial charge in [-0.1, -0.05) is 29.8 Å². The third-order valence-corrected chi connectivity index (χ3v) is 6.29. The summed E-state index contributed by atoms with van der Waals surface area (Å²) in [4.78, 5) is 12.7. The average Bonchev–Trinajstić information content (AvgIpc) is 2.82. The number of rotatable bonds is 4. The fraction of sp³-hybridized carbons (Fsp3) is 0.154. The van der Waals surface area contributed by atoms with Crippen LogP contribution in [0.15, 0.2) is 69.2 Å². The van der Waals surface area contributed by atoms with E-state index in [1.807, 2.05) is 62.4 Å². The number of aryl methyl sites for hydroxylation is 2. The summed E-state index contributed by atoms with van der Waals surface area (Å²) in [6.07, 6.45) is 3.09. The Kier molecular flexibility index (Phi) is 5.67. The van der Waals surface area contributed by atoms with Gasteiger partial charge in [0.25, 0.3) is 0 Å². The Morgan fingerprint density at radius 2 is 1.94 bits per heavy atom. The molecule has 4 aromatic rings. The number of hydrogen-bond donors (Lipinski definition) is 2. The van der Waals surface area contributed by atoms with Crippen molar-refractivity contribution in [2.75, 3.05) is 5.32 Å². The molecule has 170 valence electrons. The first-order valence-electron chi connectivity index (χ1n) is 10.9. The SMILES string of the molecule is Cc1cc([C@@H](C)Nc2ccc(Cl)cc2-c2ccc3c(c2)C=NOB3O)c2occ(C)c(=O)c2c1. The van der Waals surface area contributed by atoms with E-state index >= 15 is 0 Å². The molecule has 0 aliphatic carbocycles.